The minimum atomic E-state index is 0.0681. The average molecular weight is 282 g/mol. The fourth-order valence-corrected chi connectivity index (χ4v) is 2.37. The molecule has 110 valence electrons. The van der Waals surface area contributed by atoms with E-state index in [4.69, 9.17) is 0 Å². The van der Waals surface area contributed by atoms with Crippen LogP contribution in [-0.4, -0.2) is 21.9 Å². The number of hydrogen-bond acceptors (Lipinski definition) is 1. The highest BCUT2D eigenvalue weighted by Gasteiger charge is 2.11. The molecule has 1 aromatic carbocycles. The van der Waals surface area contributed by atoms with Crippen LogP contribution in [-0.2, 0) is 17.9 Å². The van der Waals surface area contributed by atoms with Gasteiger partial charge in [0.25, 0.3) is 0 Å². The Balaban J connectivity index is 2.17. The second kappa shape index (κ2) is 6.93. The maximum atomic E-state index is 11.7. The monoisotopic (exact) mass is 282 g/mol. The highest BCUT2D eigenvalue weighted by molar-refractivity contribution is 5.73. The van der Waals surface area contributed by atoms with Crippen molar-refractivity contribution >= 4 is 5.91 Å². The number of aryl methyl sites for hydroxylation is 1. The van der Waals surface area contributed by atoms with Crippen molar-refractivity contribution in [1.82, 2.24) is 9.47 Å². The average Bonchev–Trinajstić information content (AvgIpc) is 2.88. The summed E-state index contributed by atoms with van der Waals surface area (Å²) in [5, 5.41) is 0. The van der Waals surface area contributed by atoms with Gasteiger partial charge in [0, 0.05) is 31.9 Å². The van der Waals surface area contributed by atoms with Gasteiger partial charge in [-0.05, 0) is 30.2 Å². The Hall–Kier alpha value is -2.29. The van der Waals surface area contributed by atoms with E-state index in [0.29, 0.717) is 13.1 Å². The zero-order valence-electron chi connectivity index (χ0n) is 12.7. The van der Waals surface area contributed by atoms with Crippen molar-refractivity contribution < 1.29 is 4.79 Å². The van der Waals surface area contributed by atoms with Gasteiger partial charge >= 0.3 is 0 Å². The quantitative estimate of drug-likeness (QED) is 0.746. The predicted octanol–water partition coefficient (Wildman–Crippen LogP) is 3.38. The molecule has 0 saturated heterocycles. The lowest BCUT2D eigenvalue weighted by Gasteiger charge is -2.20. The topological polar surface area (TPSA) is 25.2 Å². The van der Waals surface area contributed by atoms with Gasteiger partial charge in [-0.25, -0.2) is 0 Å². The van der Waals surface area contributed by atoms with E-state index in [2.05, 4.69) is 54.6 Å². The summed E-state index contributed by atoms with van der Waals surface area (Å²) in [4.78, 5) is 13.4. The largest absolute Gasteiger partial charge is 0.345 e. The van der Waals surface area contributed by atoms with E-state index >= 15 is 0 Å². The molecule has 0 aliphatic rings. The molecular weight excluding hydrogens is 260 g/mol. The fourth-order valence-electron chi connectivity index (χ4n) is 2.37. The first kappa shape index (κ1) is 15.1. The van der Waals surface area contributed by atoms with Crippen molar-refractivity contribution in [3.05, 3.63) is 72.1 Å². The summed E-state index contributed by atoms with van der Waals surface area (Å²) >= 11 is 0. The normalized spacial score (nSPS) is 10.4. The first-order valence-corrected chi connectivity index (χ1v) is 7.16. The highest BCUT2D eigenvalue weighted by Crippen LogP contribution is 2.13. The zero-order chi connectivity index (χ0) is 15.2. The summed E-state index contributed by atoms with van der Waals surface area (Å²) in [6.45, 7) is 9.45. The molecule has 0 atom stereocenters. The Labute approximate surface area is 126 Å². The van der Waals surface area contributed by atoms with E-state index in [9.17, 15) is 4.79 Å². The molecule has 3 heteroatoms. The zero-order valence-corrected chi connectivity index (χ0v) is 12.7. The molecule has 1 heterocycles. The van der Waals surface area contributed by atoms with Crippen LogP contribution in [0.5, 0.6) is 0 Å². The summed E-state index contributed by atoms with van der Waals surface area (Å²) in [7, 11) is 0. The molecule has 2 rings (SSSR count). The SMILES string of the molecule is C=CCN(Cc1cccn1Cc1ccccc1C)C(C)=O. The molecule has 0 aliphatic heterocycles. The van der Waals surface area contributed by atoms with Gasteiger partial charge in [-0.2, -0.15) is 0 Å². The van der Waals surface area contributed by atoms with E-state index in [0.717, 1.165) is 12.2 Å². The van der Waals surface area contributed by atoms with E-state index in [-0.39, 0.29) is 5.91 Å². The van der Waals surface area contributed by atoms with Gasteiger partial charge in [0.2, 0.25) is 5.91 Å². The third-order valence-corrected chi connectivity index (χ3v) is 3.67. The van der Waals surface area contributed by atoms with Crippen LogP contribution in [0.4, 0.5) is 0 Å². The molecule has 0 saturated carbocycles. The van der Waals surface area contributed by atoms with E-state index in [1.165, 1.54) is 11.1 Å². The minimum absolute atomic E-state index is 0.0681. The lowest BCUT2D eigenvalue weighted by molar-refractivity contribution is -0.128. The van der Waals surface area contributed by atoms with E-state index in [1.807, 2.05) is 6.07 Å². The summed E-state index contributed by atoms with van der Waals surface area (Å²) in [6, 6.07) is 12.5. The minimum Gasteiger partial charge on any atom is -0.345 e. The van der Waals surface area contributed by atoms with Crippen LogP contribution in [0.25, 0.3) is 0 Å². The van der Waals surface area contributed by atoms with Gasteiger partial charge in [0.15, 0.2) is 0 Å². The Morgan fingerprint density at radius 2 is 2.05 bits per heavy atom. The molecule has 0 bridgehead atoms. The van der Waals surface area contributed by atoms with Crippen LogP contribution >= 0.6 is 0 Å². The number of rotatable bonds is 6. The maximum Gasteiger partial charge on any atom is 0.220 e. The second-order valence-corrected chi connectivity index (χ2v) is 5.24. The van der Waals surface area contributed by atoms with Crippen molar-refractivity contribution in [2.45, 2.75) is 26.9 Å². The van der Waals surface area contributed by atoms with Crippen LogP contribution in [0, 0.1) is 6.92 Å². The van der Waals surface area contributed by atoms with Gasteiger partial charge in [0.1, 0.15) is 0 Å². The van der Waals surface area contributed by atoms with Crippen LogP contribution in [0.3, 0.4) is 0 Å². The molecular formula is C18H22N2O. The fraction of sp³-hybridized carbons (Fsp3) is 0.278. The van der Waals surface area contributed by atoms with Crippen LogP contribution < -0.4 is 0 Å². The Bertz CT molecular complexity index is 628. The third-order valence-electron chi connectivity index (χ3n) is 3.67. The summed E-state index contributed by atoms with van der Waals surface area (Å²) in [5.41, 5.74) is 3.72. The van der Waals surface area contributed by atoms with Gasteiger partial charge < -0.3 is 9.47 Å². The number of benzene rings is 1. The smallest absolute Gasteiger partial charge is 0.220 e. The predicted molar refractivity (Wildman–Crippen MR) is 86.0 cm³/mol. The number of nitrogens with zero attached hydrogens (tertiary/aromatic N) is 2. The maximum absolute atomic E-state index is 11.7. The van der Waals surface area contributed by atoms with E-state index < -0.39 is 0 Å². The first-order chi connectivity index (χ1) is 10.1. The van der Waals surface area contributed by atoms with Crippen LogP contribution in [0.15, 0.2) is 55.3 Å². The van der Waals surface area contributed by atoms with Gasteiger partial charge in [-0.15, -0.1) is 6.58 Å². The number of hydrogen-bond donors (Lipinski definition) is 0. The lowest BCUT2D eigenvalue weighted by Crippen LogP contribution is -2.29. The van der Waals surface area contributed by atoms with Crippen molar-refractivity contribution in [2.24, 2.45) is 0 Å². The summed E-state index contributed by atoms with van der Waals surface area (Å²) < 4.78 is 2.20. The standard InChI is InChI=1S/C18H22N2O/c1-4-11-19(16(3)21)14-18-10-7-12-20(18)13-17-9-6-5-8-15(17)2/h4-10,12H,1,11,13-14H2,2-3H3. The van der Waals surface area contributed by atoms with Gasteiger partial charge in [-0.3, -0.25) is 4.79 Å². The van der Waals surface area contributed by atoms with Crippen molar-refractivity contribution in [3.8, 4) is 0 Å². The van der Waals surface area contributed by atoms with Crippen molar-refractivity contribution in [2.75, 3.05) is 6.54 Å². The Morgan fingerprint density at radius 1 is 1.29 bits per heavy atom. The van der Waals surface area contributed by atoms with E-state index in [1.54, 1.807) is 17.9 Å². The molecule has 0 unspecified atom stereocenters. The highest BCUT2D eigenvalue weighted by atomic mass is 16.2. The first-order valence-electron chi connectivity index (χ1n) is 7.16. The molecule has 0 N–H and O–H groups in total. The second-order valence-electron chi connectivity index (χ2n) is 5.24. The Morgan fingerprint density at radius 3 is 2.71 bits per heavy atom. The molecule has 0 spiro atoms. The third kappa shape index (κ3) is 3.85. The summed E-state index contributed by atoms with van der Waals surface area (Å²) in [5.74, 6) is 0.0681. The molecule has 1 aromatic heterocycles. The lowest BCUT2D eigenvalue weighted by atomic mass is 10.1. The van der Waals surface area contributed by atoms with Crippen LogP contribution in [0.1, 0.15) is 23.7 Å². The molecule has 21 heavy (non-hydrogen) atoms. The molecule has 0 aliphatic carbocycles. The number of carbonyl (C=O) groups is 1. The van der Waals surface area contributed by atoms with Gasteiger partial charge in [0.05, 0.1) is 6.54 Å². The number of amides is 1. The van der Waals surface area contributed by atoms with Crippen LogP contribution in [0.2, 0.25) is 0 Å². The van der Waals surface area contributed by atoms with Crippen molar-refractivity contribution in [1.29, 1.82) is 0 Å². The molecule has 2 aromatic rings. The number of aromatic nitrogens is 1. The Kier molecular flexibility index (Phi) is 4.99. The van der Waals surface area contributed by atoms with Crippen molar-refractivity contribution in [3.63, 3.8) is 0 Å². The molecule has 0 radical (unpaired) electrons. The molecule has 1 amide bonds. The molecule has 0 fully saturated rings. The summed E-state index contributed by atoms with van der Waals surface area (Å²) in [6.07, 6.45) is 3.82. The number of carbonyl (C=O) groups excluding carboxylic acids is 1. The van der Waals surface area contributed by atoms with Gasteiger partial charge in [-0.1, -0.05) is 30.3 Å². The molecule has 3 nitrogen and oxygen atoms in total.